The summed E-state index contributed by atoms with van der Waals surface area (Å²) in [5.41, 5.74) is 0.835. The van der Waals surface area contributed by atoms with Crippen LogP contribution in [-0.4, -0.2) is 35.8 Å². The van der Waals surface area contributed by atoms with Crippen molar-refractivity contribution in [3.05, 3.63) is 50.9 Å². The van der Waals surface area contributed by atoms with Crippen molar-refractivity contribution in [3.8, 4) is 5.95 Å². The average Bonchev–Trinajstić information content (AvgIpc) is 3.42. The second-order valence-corrected chi connectivity index (χ2v) is 9.42. The molecule has 1 aromatic rings. The Morgan fingerprint density at radius 2 is 1.90 bits per heavy atom. The number of rotatable bonds is 7. The molecule has 1 aromatic heterocycles. The van der Waals surface area contributed by atoms with Crippen LogP contribution < -0.4 is 10.2 Å². The van der Waals surface area contributed by atoms with Crippen molar-refractivity contribution in [3.63, 3.8) is 0 Å². The fourth-order valence-electron chi connectivity index (χ4n) is 5.58. The molecular formula is C25H34O6. The molecule has 6 nitrogen and oxygen atoms in total. The molecule has 0 spiro atoms. The highest BCUT2D eigenvalue weighted by Gasteiger charge is 2.67. The standard InChI is InChI=1S/C25H34O6/c1-10-17(26)13(3)18(27)14(4)20-24(7,11-12(2)21-25(20,8)31-21)22-15(5)19(28)16(6)23(29-9)30-22/h11,13,18,20-21,27H,4,10H2,1-3,5-9H3. The minimum Gasteiger partial charge on any atom is -0.468 e. The summed E-state index contributed by atoms with van der Waals surface area (Å²) >= 11 is 0. The molecule has 0 bridgehead atoms. The average molecular weight is 431 g/mol. The Morgan fingerprint density at radius 1 is 1.29 bits per heavy atom. The zero-order chi connectivity index (χ0) is 23.5. The van der Waals surface area contributed by atoms with Crippen LogP contribution in [0.5, 0.6) is 5.95 Å². The molecule has 0 saturated carbocycles. The summed E-state index contributed by atoms with van der Waals surface area (Å²) in [7, 11) is 1.47. The number of aliphatic hydroxyl groups excluding tert-OH is 1. The summed E-state index contributed by atoms with van der Waals surface area (Å²) in [6, 6.07) is 0. The lowest BCUT2D eigenvalue weighted by molar-refractivity contribution is -0.124. The first-order valence-electron chi connectivity index (χ1n) is 10.8. The number of allylic oxidation sites excluding steroid dienone is 1. The Hall–Kier alpha value is -2.18. The third-order valence-corrected chi connectivity index (χ3v) is 7.23. The van der Waals surface area contributed by atoms with Crippen molar-refractivity contribution in [1.29, 1.82) is 0 Å². The van der Waals surface area contributed by atoms with Crippen molar-refractivity contribution >= 4 is 5.78 Å². The van der Waals surface area contributed by atoms with Gasteiger partial charge in [-0.25, -0.2) is 0 Å². The third kappa shape index (κ3) is 3.40. The van der Waals surface area contributed by atoms with Crippen LogP contribution in [0.15, 0.2) is 33.0 Å². The van der Waals surface area contributed by atoms with E-state index in [4.69, 9.17) is 13.9 Å². The molecule has 2 heterocycles. The molecular weight excluding hydrogens is 396 g/mol. The maximum absolute atomic E-state index is 12.9. The maximum atomic E-state index is 12.9. The summed E-state index contributed by atoms with van der Waals surface area (Å²) < 4.78 is 17.6. The van der Waals surface area contributed by atoms with Gasteiger partial charge in [0.25, 0.3) is 5.95 Å². The molecule has 1 saturated heterocycles. The summed E-state index contributed by atoms with van der Waals surface area (Å²) in [6.07, 6.45) is 1.24. The van der Waals surface area contributed by atoms with Crippen molar-refractivity contribution in [2.24, 2.45) is 11.8 Å². The molecule has 2 aliphatic rings. The predicted octanol–water partition coefficient (Wildman–Crippen LogP) is 3.79. The van der Waals surface area contributed by atoms with Crippen molar-refractivity contribution in [1.82, 2.24) is 0 Å². The molecule has 6 atom stereocenters. The molecule has 1 fully saturated rings. The van der Waals surface area contributed by atoms with E-state index in [2.05, 4.69) is 6.58 Å². The van der Waals surface area contributed by atoms with Gasteiger partial charge >= 0.3 is 0 Å². The molecule has 170 valence electrons. The number of carbonyl (C=O) groups excluding carboxylic acids is 1. The number of hydrogen-bond donors (Lipinski definition) is 1. The van der Waals surface area contributed by atoms with E-state index in [0.717, 1.165) is 5.57 Å². The van der Waals surface area contributed by atoms with E-state index in [1.807, 2.05) is 26.8 Å². The van der Waals surface area contributed by atoms with Gasteiger partial charge in [-0.1, -0.05) is 26.5 Å². The van der Waals surface area contributed by atoms with Gasteiger partial charge in [0.2, 0.25) is 0 Å². The van der Waals surface area contributed by atoms with E-state index in [1.165, 1.54) is 7.11 Å². The van der Waals surface area contributed by atoms with E-state index in [-0.39, 0.29) is 23.3 Å². The summed E-state index contributed by atoms with van der Waals surface area (Å²) in [4.78, 5) is 25.2. The van der Waals surface area contributed by atoms with Gasteiger partial charge in [0, 0.05) is 23.8 Å². The van der Waals surface area contributed by atoms with Gasteiger partial charge in [0.1, 0.15) is 23.2 Å². The van der Waals surface area contributed by atoms with Gasteiger partial charge < -0.3 is 19.0 Å². The first-order valence-corrected chi connectivity index (χ1v) is 10.8. The van der Waals surface area contributed by atoms with E-state index in [9.17, 15) is 14.7 Å². The Balaban J connectivity index is 2.21. The lowest BCUT2D eigenvalue weighted by atomic mass is 9.59. The normalized spacial score (nSPS) is 31.3. The lowest BCUT2D eigenvalue weighted by Gasteiger charge is -2.43. The van der Waals surface area contributed by atoms with E-state index < -0.39 is 29.0 Å². The summed E-state index contributed by atoms with van der Waals surface area (Å²) in [5, 5.41) is 11.1. The highest BCUT2D eigenvalue weighted by Crippen LogP contribution is 2.61. The van der Waals surface area contributed by atoms with Crippen LogP contribution in [0.4, 0.5) is 0 Å². The number of hydrogen-bond acceptors (Lipinski definition) is 6. The number of carbonyl (C=O) groups is 1. The molecule has 1 N–H and O–H groups in total. The van der Waals surface area contributed by atoms with Crippen molar-refractivity contribution < 1.29 is 23.8 Å². The van der Waals surface area contributed by atoms with Gasteiger partial charge in [-0.2, -0.15) is 0 Å². The second-order valence-electron chi connectivity index (χ2n) is 9.42. The first-order chi connectivity index (χ1) is 14.3. The predicted molar refractivity (Wildman–Crippen MR) is 118 cm³/mol. The van der Waals surface area contributed by atoms with Gasteiger partial charge in [-0.05, 0) is 45.8 Å². The molecule has 1 aliphatic carbocycles. The number of fused-ring (bicyclic) bond motifs is 1. The highest BCUT2D eigenvalue weighted by molar-refractivity contribution is 5.81. The van der Waals surface area contributed by atoms with Crippen LogP contribution in [0.3, 0.4) is 0 Å². The SMILES string of the molecule is C=C(C(O)C(C)C(=O)CC)C1C(C)(c2oc(OC)c(C)c(=O)c2C)C=C(C)C2OC21C. The fourth-order valence-corrected chi connectivity index (χ4v) is 5.58. The van der Waals surface area contributed by atoms with Crippen LogP contribution in [0.25, 0.3) is 0 Å². The third-order valence-electron chi connectivity index (χ3n) is 7.23. The number of Topliss-reactive ketones (excluding diaryl/α,β-unsaturated/α-hetero) is 1. The van der Waals surface area contributed by atoms with Gasteiger partial charge in [-0.15, -0.1) is 0 Å². The van der Waals surface area contributed by atoms with Crippen molar-refractivity contribution in [2.75, 3.05) is 7.11 Å². The number of ether oxygens (including phenoxy) is 2. The molecule has 6 unspecified atom stereocenters. The molecule has 31 heavy (non-hydrogen) atoms. The van der Waals surface area contributed by atoms with Crippen LogP contribution in [0.1, 0.15) is 57.9 Å². The second kappa shape index (κ2) is 7.75. The minimum atomic E-state index is -1.04. The van der Waals surface area contributed by atoms with Gasteiger partial charge in [0.15, 0.2) is 5.43 Å². The number of epoxide rings is 1. The fraction of sp³-hybridized carbons (Fsp3) is 0.600. The molecule has 1 aliphatic heterocycles. The monoisotopic (exact) mass is 430 g/mol. The smallest absolute Gasteiger partial charge is 0.291 e. The molecule has 0 amide bonds. The van der Waals surface area contributed by atoms with Crippen LogP contribution >= 0.6 is 0 Å². The molecule has 3 rings (SSSR count). The van der Waals surface area contributed by atoms with E-state index in [0.29, 0.717) is 28.9 Å². The van der Waals surface area contributed by atoms with E-state index >= 15 is 0 Å². The Morgan fingerprint density at radius 3 is 2.45 bits per heavy atom. The number of aliphatic hydroxyl groups is 1. The van der Waals surface area contributed by atoms with E-state index in [1.54, 1.807) is 27.7 Å². The Bertz CT molecular complexity index is 1020. The number of methoxy groups -OCH3 is 1. The number of ketones is 1. The topological polar surface area (TPSA) is 89.3 Å². The van der Waals surface area contributed by atoms with Gasteiger partial charge in [-0.3, -0.25) is 9.59 Å². The van der Waals surface area contributed by atoms with Crippen LogP contribution in [0.2, 0.25) is 0 Å². The molecule has 6 heteroatoms. The maximum Gasteiger partial charge on any atom is 0.291 e. The largest absolute Gasteiger partial charge is 0.468 e. The Labute approximate surface area is 183 Å². The Kier molecular flexibility index (Phi) is 5.87. The minimum absolute atomic E-state index is 0.0315. The quantitative estimate of drug-likeness (QED) is 0.523. The van der Waals surface area contributed by atoms with Crippen LogP contribution in [-0.2, 0) is 14.9 Å². The molecule has 0 aromatic carbocycles. The van der Waals surface area contributed by atoms with Crippen LogP contribution in [0, 0.1) is 25.7 Å². The zero-order valence-corrected chi connectivity index (χ0v) is 19.8. The van der Waals surface area contributed by atoms with Crippen molar-refractivity contribution in [2.45, 2.75) is 78.1 Å². The lowest BCUT2D eigenvalue weighted by Crippen LogP contribution is -2.48. The molecule has 0 radical (unpaired) electrons. The van der Waals surface area contributed by atoms with Gasteiger partial charge in [0.05, 0.1) is 24.2 Å². The first kappa shape index (κ1) is 23.5. The zero-order valence-electron chi connectivity index (χ0n) is 19.8. The highest BCUT2D eigenvalue weighted by atomic mass is 16.6. The summed E-state index contributed by atoms with van der Waals surface area (Å²) in [6.45, 7) is 17.1. The summed E-state index contributed by atoms with van der Waals surface area (Å²) in [5.74, 6) is -0.403.